The normalized spacial score (nSPS) is 11.3. The molecule has 0 aliphatic heterocycles. The monoisotopic (exact) mass is 234 g/mol. The summed E-state index contributed by atoms with van der Waals surface area (Å²) in [5.41, 5.74) is -0.0728. The fraction of sp³-hybridized carbons (Fsp3) is 0.273. The third kappa shape index (κ3) is 3.57. The standard InChI is InChI=1S/C11H10N2O4/c1-8(5-6-12)17-11(14)9-3-2-4-10(7-9)13(15)16/h2-4,7-8H,5H2,1H3. The number of nitriles is 1. The largest absolute Gasteiger partial charge is 0.458 e. The van der Waals surface area contributed by atoms with Gasteiger partial charge in [-0.1, -0.05) is 6.07 Å². The number of hydrogen-bond donors (Lipinski definition) is 0. The third-order valence-corrected chi connectivity index (χ3v) is 1.98. The second-order valence-corrected chi connectivity index (χ2v) is 3.39. The summed E-state index contributed by atoms with van der Waals surface area (Å²) < 4.78 is 4.93. The van der Waals surface area contributed by atoms with Crippen LogP contribution in [0, 0.1) is 21.4 Å². The zero-order chi connectivity index (χ0) is 12.8. The molecule has 0 spiro atoms. The lowest BCUT2D eigenvalue weighted by molar-refractivity contribution is -0.384. The number of rotatable bonds is 4. The van der Waals surface area contributed by atoms with Crippen molar-refractivity contribution in [2.75, 3.05) is 0 Å². The first-order valence-corrected chi connectivity index (χ1v) is 4.87. The van der Waals surface area contributed by atoms with E-state index in [1.165, 1.54) is 18.2 Å². The molecule has 0 amide bonds. The fourth-order valence-electron chi connectivity index (χ4n) is 1.17. The maximum Gasteiger partial charge on any atom is 0.338 e. The number of carbonyl (C=O) groups excluding carboxylic acids is 1. The summed E-state index contributed by atoms with van der Waals surface area (Å²) in [5, 5.41) is 18.9. The Morgan fingerprint density at radius 3 is 2.94 bits per heavy atom. The van der Waals surface area contributed by atoms with Gasteiger partial charge in [-0.25, -0.2) is 4.79 Å². The molecule has 88 valence electrons. The van der Waals surface area contributed by atoms with Gasteiger partial charge in [0, 0.05) is 12.1 Å². The van der Waals surface area contributed by atoms with Crippen LogP contribution in [-0.2, 0) is 4.74 Å². The average Bonchev–Trinajstić information content (AvgIpc) is 2.29. The third-order valence-electron chi connectivity index (χ3n) is 1.98. The van der Waals surface area contributed by atoms with Crippen LogP contribution in [0.5, 0.6) is 0 Å². The minimum atomic E-state index is -0.670. The molecule has 1 atom stereocenters. The van der Waals surface area contributed by atoms with E-state index >= 15 is 0 Å². The van der Waals surface area contributed by atoms with E-state index in [1.54, 1.807) is 6.92 Å². The van der Waals surface area contributed by atoms with Crippen molar-refractivity contribution >= 4 is 11.7 Å². The summed E-state index contributed by atoms with van der Waals surface area (Å²) in [5.74, 6) is -0.670. The lowest BCUT2D eigenvalue weighted by atomic mass is 10.2. The van der Waals surface area contributed by atoms with Gasteiger partial charge in [-0.2, -0.15) is 5.26 Å². The Bertz CT molecular complexity index is 479. The van der Waals surface area contributed by atoms with Gasteiger partial charge < -0.3 is 4.74 Å². The van der Waals surface area contributed by atoms with Crippen LogP contribution < -0.4 is 0 Å². The first kappa shape index (κ1) is 12.6. The quantitative estimate of drug-likeness (QED) is 0.451. The molecule has 1 aromatic carbocycles. The number of carbonyl (C=O) groups is 1. The van der Waals surface area contributed by atoms with Gasteiger partial charge in [-0.05, 0) is 13.0 Å². The summed E-state index contributed by atoms with van der Waals surface area (Å²) in [6.07, 6.45) is -0.451. The van der Waals surface area contributed by atoms with Crippen LogP contribution in [0.3, 0.4) is 0 Å². The van der Waals surface area contributed by atoms with Gasteiger partial charge in [0.2, 0.25) is 0 Å². The second-order valence-electron chi connectivity index (χ2n) is 3.39. The lowest BCUT2D eigenvalue weighted by Gasteiger charge is -2.09. The van der Waals surface area contributed by atoms with Crippen molar-refractivity contribution in [3.8, 4) is 6.07 Å². The van der Waals surface area contributed by atoms with Crippen molar-refractivity contribution in [1.82, 2.24) is 0 Å². The summed E-state index contributed by atoms with van der Waals surface area (Å²) in [4.78, 5) is 21.5. The molecule has 6 heteroatoms. The fourth-order valence-corrected chi connectivity index (χ4v) is 1.17. The van der Waals surface area contributed by atoms with E-state index in [0.29, 0.717) is 0 Å². The highest BCUT2D eigenvalue weighted by atomic mass is 16.6. The Morgan fingerprint density at radius 2 is 2.35 bits per heavy atom. The summed E-state index contributed by atoms with van der Waals surface area (Å²) in [6.45, 7) is 1.58. The summed E-state index contributed by atoms with van der Waals surface area (Å²) in [6, 6.07) is 7.13. The molecule has 0 fully saturated rings. The number of nitrogens with zero attached hydrogens (tertiary/aromatic N) is 2. The van der Waals surface area contributed by atoms with Crippen LogP contribution in [0.15, 0.2) is 24.3 Å². The van der Waals surface area contributed by atoms with E-state index in [9.17, 15) is 14.9 Å². The number of nitro benzene ring substituents is 1. The lowest BCUT2D eigenvalue weighted by Crippen LogP contribution is -2.14. The van der Waals surface area contributed by atoms with Crippen LogP contribution in [0.4, 0.5) is 5.69 Å². The highest BCUT2D eigenvalue weighted by Crippen LogP contribution is 2.14. The first-order valence-electron chi connectivity index (χ1n) is 4.87. The maximum atomic E-state index is 11.6. The molecule has 1 aromatic rings. The van der Waals surface area contributed by atoms with Crippen molar-refractivity contribution in [2.24, 2.45) is 0 Å². The average molecular weight is 234 g/mol. The van der Waals surface area contributed by atoms with Gasteiger partial charge in [0.1, 0.15) is 6.10 Å². The number of benzene rings is 1. The van der Waals surface area contributed by atoms with E-state index in [1.807, 2.05) is 6.07 Å². The van der Waals surface area contributed by atoms with E-state index in [4.69, 9.17) is 10.00 Å². The molecule has 0 heterocycles. The number of hydrogen-bond acceptors (Lipinski definition) is 5. The molecular weight excluding hydrogens is 224 g/mol. The van der Waals surface area contributed by atoms with E-state index in [-0.39, 0.29) is 17.7 Å². The second kappa shape index (κ2) is 5.61. The molecule has 0 bridgehead atoms. The van der Waals surface area contributed by atoms with Crippen molar-refractivity contribution in [3.05, 3.63) is 39.9 Å². The SMILES string of the molecule is CC(CC#N)OC(=O)c1cccc([N+](=O)[O-])c1. The molecule has 1 rings (SSSR count). The van der Waals surface area contributed by atoms with Crippen LogP contribution in [0.25, 0.3) is 0 Å². The van der Waals surface area contributed by atoms with Crippen LogP contribution in [-0.4, -0.2) is 17.0 Å². The van der Waals surface area contributed by atoms with Crippen molar-refractivity contribution < 1.29 is 14.5 Å². The first-order chi connectivity index (χ1) is 8.04. The van der Waals surface area contributed by atoms with Crippen LogP contribution in [0.1, 0.15) is 23.7 Å². The smallest absolute Gasteiger partial charge is 0.338 e. The van der Waals surface area contributed by atoms with Crippen LogP contribution in [0.2, 0.25) is 0 Å². The molecule has 6 nitrogen and oxygen atoms in total. The minimum absolute atomic E-state index is 0.0840. The van der Waals surface area contributed by atoms with E-state index < -0.39 is 17.0 Å². The molecule has 0 saturated carbocycles. The van der Waals surface area contributed by atoms with E-state index in [0.717, 1.165) is 6.07 Å². The molecular formula is C11H10N2O4. The van der Waals surface area contributed by atoms with Gasteiger partial charge in [0.25, 0.3) is 5.69 Å². The Labute approximate surface area is 97.6 Å². The van der Waals surface area contributed by atoms with Crippen molar-refractivity contribution in [3.63, 3.8) is 0 Å². The zero-order valence-electron chi connectivity index (χ0n) is 9.12. The number of esters is 1. The van der Waals surface area contributed by atoms with Gasteiger partial charge in [0.15, 0.2) is 0 Å². The van der Waals surface area contributed by atoms with Gasteiger partial charge in [0.05, 0.1) is 23.0 Å². The van der Waals surface area contributed by atoms with Crippen LogP contribution >= 0.6 is 0 Å². The molecule has 1 unspecified atom stereocenters. The molecule has 0 aliphatic rings. The minimum Gasteiger partial charge on any atom is -0.458 e. The van der Waals surface area contributed by atoms with Crippen molar-refractivity contribution in [2.45, 2.75) is 19.4 Å². The Kier molecular flexibility index (Phi) is 4.17. The molecule has 0 saturated heterocycles. The molecule has 0 N–H and O–H groups in total. The maximum absolute atomic E-state index is 11.6. The molecule has 0 radical (unpaired) electrons. The molecule has 0 aliphatic carbocycles. The van der Waals surface area contributed by atoms with E-state index in [2.05, 4.69) is 0 Å². The molecule has 0 aromatic heterocycles. The van der Waals surface area contributed by atoms with Gasteiger partial charge >= 0.3 is 5.97 Å². The topological polar surface area (TPSA) is 93.2 Å². The van der Waals surface area contributed by atoms with Gasteiger partial charge in [-0.3, -0.25) is 10.1 Å². The predicted molar refractivity (Wildman–Crippen MR) is 58.2 cm³/mol. The Hall–Kier alpha value is -2.42. The number of ether oxygens (including phenoxy) is 1. The summed E-state index contributed by atoms with van der Waals surface area (Å²) in [7, 11) is 0. The van der Waals surface area contributed by atoms with Crippen molar-refractivity contribution in [1.29, 1.82) is 5.26 Å². The summed E-state index contributed by atoms with van der Waals surface area (Å²) >= 11 is 0. The highest BCUT2D eigenvalue weighted by Gasteiger charge is 2.14. The number of nitro groups is 1. The Morgan fingerprint density at radius 1 is 1.65 bits per heavy atom. The van der Waals surface area contributed by atoms with Gasteiger partial charge in [-0.15, -0.1) is 0 Å². The highest BCUT2D eigenvalue weighted by molar-refractivity contribution is 5.90. The number of non-ortho nitro benzene ring substituents is 1. The molecule has 17 heavy (non-hydrogen) atoms. The predicted octanol–water partition coefficient (Wildman–Crippen LogP) is 2.05. The zero-order valence-corrected chi connectivity index (χ0v) is 9.12. The Balaban J connectivity index is 2.79.